The van der Waals surface area contributed by atoms with Crippen molar-refractivity contribution in [2.45, 2.75) is 6.54 Å². The summed E-state index contributed by atoms with van der Waals surface area (Å²) in [4.78, 5) is 0. The SMILES string of the molecule is COc1cccc(C=C(C#N)c2nn(CCO)c(N)c2C#N)c1. The first-order valence-corrected chi connectivity index (χ1v) is 6.78. The maximum absolute atomic E-state index is 9.42. The van der Waals surface area contributed by atoms with E-state index < -0.39 is 0 Å². The molecule has 0 saturated heterocycles. The number of nitrogen functional groups attached to an aromatic ring is 1. The van der Waals surface area contributed by atoms with Crippen molar-refractivity contribution in [2.24, 2.45) is 0 Å². The fourth-order valence-corrected chi connectivity index (χ4v) is 2.09. The van der Waals surface area contributed by atoms with Crippen LogP contribution in [0.4, 0.5) is 5.82 Å². The molecule has 0 bridgehead atoms. The minimum Gasteiger partial charge on any atom is -0.497 e. The van der Waals surface area contributed by atoms with Crippen molar-refractivity contribution in [1.82, 2.24) is 9.78 Å². The van der Waals surface area contributed by atoms with Crippen molar-refractivity contribution in [1.29, 1.82) is 10.5 Å². The lowest BCUT2D eigenvalue weighted by Crippen LogP contribution is -2.07. The van der Waals surface area contributed by atoms with Crippen molar-refractivity contribution < 1.29 is 9.84 Å². The van der Waals surface area contributed by atoms with Gasteiger partial charge in [0.2, 0.25) is 0 Å². The third-order valence-electron chi connectivity index (χ3n) is 3.20. The number of allylic oxidation sites excluding steroid dienone is 1. The van der Waals surface area contributed by atoms with Crippen LogP contribution in [0.15, 0.2) is 24.3 Å². The van der Waals surface area contributed by atoms with Crippen LogP contribution in [0.3, 0.4) is 0 Å². The van der Waals surface area contributed by atoms with E-state index in [1.807, 2.05) is 12.1 Å². The molecule has 0 saturated carbocycles. The molecule has 0 aliphatic carbocycles. The van der Waals surface area contributed by atoms with E-state index in [2.05, 4.69) is 5.10 Å². The molecule has 116 valence electrons. The average molecular weight is 309 g/mol. The van der Waals surface area contributed by atoms with E-state index in [-0.39, 0.29) is 35.8 Å². The van der Waals surface area contributed by atoms with E-state index in [4.69, 9.17) is 15.6 Å². The van der Waals surface area contributed by atoms with Gasteiger partial charge in [0.05, 0.1) is 25.8 Å². The van der Waals surface area contributed by atoms with E-state index in [1.165, 1.54) is 4.68 Å². The van der Waals surface area contributed by atoms with Crippen molar-refractivity contribution in [3.8, 4) is 17.9 Å². The molecule has 23 heavy (non-hydrogen) atoms. The summed E-state index contributed by atoms with van der Waals surface area (Å²) in [6.45, 7) is -0.0178. The number of hydrogen-bond donors (Lipinski definition) is 2. The number of methoxy groups -OCH3 is 1. The molecule has 2 rings (SSSR count). The third kappa shape index (κ3) is 3.31. The van der Waals surface area contributed by atoms with Gasteiger partial charge in [-0.05, 0) is 23.8 Å². The van der Waals surface area contributed by atoms with E-state index >= 15 is 0 Å². The largest absolute Gasteiger partial charge is 0.497 e. The van der Waals surface area contributed by atoms with Crippen LogP contribution in [0.25, 0.3) is 11.6 Å². The molecule has 0 fully saturated rings. The first-order chi connectivity index (χ1) is 11.1. The Morgan fingerprint density at radius 1 is 1.48 bits per heavy atom. The van der Waals surface area contributed by atoms with Gasteiger partial charge in [0.25, 0.3) is 0 Å². The zero-order valence-electron chi connectivity index (χ0n) is 12.5. The molecule has 0 spiro atoms. The van der Waals surface area contributed by atoms with Crippen molar-refractivity contribution in [2.75, 3.05) is 19.5 Å². The molecular weight excluding hydrogens is 294 g/mol. The lowest BCUT2D eigenvalue weighted by Gasteiger charge is -2.01. The van der Waals surface area contributed by atoms with Crippen LogP contribution < -0.4 is 10.5 Å². The zero-order chi connectivity index (χ0) is 16.8. The molecule has 7 heteroatoms. The lowest BCUT2D eigenvalue weighted by molar-refractivity contribution is 0.270. The monoisotopic (exact) mass is 309 g/mol. The highest BCUT2D eigenvalue weighted by Crippen LogP contribution is 2.25. The van der Waals surface area contributed by atoms with Crippen molar-refractivity contribution in [3.63, 3.8) is 0 Å². The molecule has 0 radical (unpaired) electrons. The number of aliphatic hydroxyl groups is 1. The second-order valence-electron chi connectivity index (χ2n) is 4.61. The number of aliphatic hydroxyl groups excluding tert-OH is 1. The molecule has 1 aromatic carbocycles. The van der Waals surface area contributed by atoms with Crippen molar-refractivity contribution >= 4 is 17.5 Å². The average Bonchev–Trinajstić information content (AvgIpc) is 2.89. The van der Waals surface area contributed by atoms with E-state index in [0.717, 1.165) is 5.56 Å². The normalized spacial score (nSPS) is 10.9. The standard InChI is InChI=1S/C16H15N5O2/c1-23-13-4-2-3-11(8-13)7-12(9-17)15-14(10-18)16(19)21(20-15)5-6-22/h2-4,7-8,22H,5-6,19H2,1H3. The van der Waals surface area contributed by atoms with Crippen LogP contribution in [-0.4, -0.2) is 28.6 Å². The summed E-state index contributed by atoms with van der Waals surface area (Å²) < 4.78 is 6.45. The van der Waals surface area contributed by atoms with Crippen LogP contribution >= 0.6 is 0 Å². The smallest absolute Gasteiger partial charge is 0.140 e. The minimum atomic E-state index is -0.169. The summed E-state index contributed by atoms with van der Waals surface area (Å²) in [5.41, 5.74) is 7.10. The number of benzene rings is 1. The third-order valence-corrected chi connectivity index (χ3v) is 3.20. The van der Waals surface area contributed by atoms with Crippen LogP contribution in [-0.2, 0) is 6.54 Å². The van der Waals surface area contributed by atoms with Crippen molar-refractivity contribution in [3.05, 3.63) is 41.1 Å². The molecule has 1 heterocycles. The zero-order valence-corrected chi connectivity index (χ0v) is 12.5. The Balaban J connectivity index is 2.53. The molecule has 0 aliphatic heterocycles. The van der Waals surface area contributed by atoms with Gasteiger partial charge in [0, 0.05) is 0 Å². The Bertz CT molecular complexity index is 824. The number of nitriles is 2. The van der Waals surface area contributed by atoms with Gasteiger partial charge in [-0.25, -0.2) is 4.68 Å². The van der Waals surface area contributed by atoms with Gasteiger partial charge in [-0.1, -0.05) is 12.1 Å². The maximum atomic E-state index is 9.42. The Labute approximate surface area is 133 Å². The summed E-state index contributed by atoms with van der Waals surface area (Å²) in [7, 11) is 1.55. The first kappa shape index (κ1) is 16.1. The molecule has 1 aromatic heterocycles. The predicted octanol–water partition coefficient (Wildman–Crippen LogP) is 1.40. The Hall–Kier alpha value is -3.29. The summed E-state index contributed by atoms with van der Waals surface area (Å²) in [5, 5.41) is 31.9. The van der Waals surface area contributed by atoms with Crippen LogP contribution in [0.1, 0.15) is 16.8 Å². The fourth-order valence-electron chi connectivity index (χ4n) is 2.09. The second-order valence-corrected chi connectivity index (χ2v) is 4.61. The van der Waals surface area contributed by atoms with Crippen LogP contribution in [0.2, 0.25) is 0 Å². The van der Waals surface area contributed by atoms with Gasteiger partial charge in [-0.15, -0.1) is 0 Å². The molecular formula is C16H15N5O2. The number of anilines is 1. The van der Waals surface area contributed by atoms with Gasteiger partial charge in [-0.3, -0.25) is 0 Å². The van der Waals surface area contributed by atoms with Crippen LogP contribution in [0.5, 0.6) is 5.75 Å². The van der Waals surface area contributed by atoms with Gasteiger partial charge >= 0.3 is 0 Å². The Kier molecular flexibility index (Phi) is 4.98. The number of rotatable bonds is 5. The molecule has 2 aromatic rings. The van der Waals surface area contributed by atoms with Crippen LogP contribution in [0, 0.1) is 22.7 Å². The predicted molar refractivity (Wildman–Crippen MR) is 84.9 cm³/mol. The second kappa shape index (κ2) is 7.12. The van der Waals surface area contributed by atoms with E-state index in [1.54, 1.807) is 37.5 Å². The maximum Gasteiger partial charge on any atom is 0.140 e. The van der Waals surface area contributed by atoms with E-state index in [0.29, 0.717) is 5.75 Å². The van der Waals surface area contributed by atoms with Gasteiger partial charge in [-0.2, -0.15) is 15.6 Å². The molecule has 7 nitrogen and oxygen atoms in total. The Morgan fingerprint density at radius 2 is 2.26 bits per heavy atom. The fraction of sp³-hybridized carbons (Fsp3) is 0.188. The molecule has 0 amide bonds. The summed E-state index contributed by atoms with van der Waals surface area (Å²) in [5.74, 6) is 0.783. The highest BCUT2D eigenvalue weighted by molar-refractivity contribution is 5.91. The number of ether oxygens (including phenoxy) is 1. The highest BCUT2D eigenvalue weighted by atomic mass is 16.5. The number of nitrogens with two attached hydrogens (primary N) is 1. The number of aromatic nitrogens is 2. The Morgan fingerprint density at radius 3 is 2.87 bits per heavy atom. The van der Waals surface area contributed by atoms with Gasteiger partial charge in [0.1, 0.15) is 35.0 Å². The number of hydrogen-bond acceptors (Lipinski definition) is 6. The molecule has 0 atom stereocenters. The minimum absolute atomic E-state index is 0.120. The highest BCUT2D eigenvalue weighted by Gasteiger charge is 2.18. The van der Waals surface area contributed by atoms with Gasteiger partial charge < -0.3 is 15.6 Å². The molecule has 3 N–H and O–H groups in total. The number of nitrogens with zero attached hydrogens (tertiary/aromatic N) is 4. The topological polar surface area (TPSA) is 121 Å². The summed E-state index contributed by atoms with van der Waals surface area (Å²) >= 11 is 0. The lowest BCUT2D eigenvalue weighted by atomic mass is 10.1. The summed E-state index contributed by atoms with van der Waals surface area (Å²) in [6, 6.07) is 11.1. The molecule has 0 aliphatic rings. The molecule has 0 unspecified atom stereocenters. The van der Waals surface area contributed by atoms with Gasteiger partial charge in [0.15, 0.2) is 0 Å². The van der Waals surface area contributed by atoms with E-state index in [9.17, 15) is 10.5 Å². The first-order valence-electron chi connectivity index (χ1n) is 6.78. The summed E-state index contributed by atoms with van der Waals surface area (Å²) in [6.07, 6.45) is 1.61. The quantitative estimate of drug-likeness (QED) is 0.805.